The van der Waals surface area contributed by atoms with Gasteiger partial charge in [-0.2, -0.15) is 10.4 Å². The number of carbonyl (C=O) groups is 1. The minimum Gasteiger partial charge on any atom is -0.497 e. The predicted octanol–water partition coefficient (Wildman–Crippen LogP) is 6.22. The quantitative estimate of drug-likeness (QED) is 0.298. The summed E-state index contributed by atoms with van der Waals surface area (Å²) < 4.78 is 13.1. The van der Waals surface area contributed by atoms with E-state index in [1.165, 1.54) is 13.2 Å². The highest BCUT2D eigenvalue weighted by molar-refractivity contribution is 5.97. The number of anilines is 2. The lowest BCUT2D eigenvalue weighted by Gasteiger charge is -2.15. The van der Waals surface area contributed by atoms with Crippen LogP contribution in [0, 0.1) is 25.2 Å². The van der Waals surface area contributed by atoms with E-state index >= 15 is 0 Å². The van der Waals surface area contributed by atoms with Gasteiger partial charge in [0.25, 0.3) is 0 Å². The third kappa shape index (κ3) is 3.93. The number of carboxylic acids is 1. The number of furan rings is 1. The normalized spacial score (nSPS) is 10.8. The molecular formula is C28H22N4O4. The minimum absolute atomic E-state index is 0.0544. The number of hydrogen-bond donors (Lipinski definition) is 2. The molecule has 2 N–H and O–H groups in total. The average molecular weight is 479 g/mol. The van der Waals surface area contributed by atoms with E-state index in [-0.39, 0.29) is 5.56 Å². The van der Waals surface area contributed by atoms with Crippen molar-refractivity contribution in [1.82, 2.24) is 9.78 Å². The first-order valence-electron chi connectivity index (χ1n) is 11.2. The number of carboxylic acid groups (broad SMARTS) is 1. The first-order chi connectivity index (χ1) is 17.4. The van der Waals surface area contributed by atoms with E-state index in [2.05, 4.69) is 11.4 Å². The molecule has 0 aliphatic rings. The van der Waals surface area contributed by atoms with Crippen LogP contribution < -0.4 is 10.1 Å². The summed E-state index contributed by atoms with van der Waals surface area (Å²) in [6.07, 6.45) is 0. The molecule has 0 aliphatic carbocycles. The number of hydrogen-bond acceptors (Lipinski definition) is 6. The fourth-order valence-electron chi connectivity index (χ4n) is 4.20. The number of nitriles is 1. The number of aryl methyl sites for hydroxylation is 2. The Kier molecular flexibility index (Phi) is 5.66. The molecule has 0 unspecified atom stereocenters. The number of nitrogens with one attached hydrogen (secondary N) is 1. The van der Waals surface area contributed by atoms with Crippen LogP contribution in [0.1, 0.15) is 27.2 Å². The van der Waals surface area contributed by atoms with Crippen LogP contribution in [0.4, 0.5) is 11.5 Å². The van der Waals surface area contributed by atoms with Gasteiger partial charge in [-0.05, 0) is 67.9 Å². The Balaban J connectivity index is 1.74. The summed E-state index contributed by atoms with van der Waals surface area (Å²) in [5.41, 5.74) is 4.70. The van der Waals surface area contributed by atoms with E-state index in [0.29, 0.717) is 45.4 Å². The van der Waals surface area contributed by atoms with E-state index in [1.54, 1.807) is 28.9 Å². The van der Waals surface area contributed by atoms with E-state index < -0.39 is 5.97 Å². The SMILES string of the molecule is COc1ccc(Nc2c(-c3cc4ccc(C#N)cc4o3)c(C)nn2-c2ccccc2C)c(C(=O)O)c1. The molecule has 0 amide bonds. The van der Waals surface area contributed by atoms with Gasteiger partial charge >= 0.3 is 5.97 Å². The number of ether oxygens (including phenoxy) is 1. The number of methoxy groups -OCH3 is 1. The standard InChI is InChI=1S/C28H22N4O4/c1-16-6-4-5-7-23(16)32-27(30-22-11-10-20(35-3)14-21(22)28(33)34)26(17(2)31-32)25-13-19-9-8-18(15-29)12-24(19)36-25/h4-14,30H,1-3H3,(H,33,34). The molecule has 0 radical (unpaired) electrons. The Hall–Kier alpha value is -5.03. The Labute approximate surface area is 207 Å². The van der Waals surface area contributed by atoms with Gasteiger partial charge in [-0.25, -0.2) is 9.48 Å². The Bertz CT molecular complexity index is 1670. The van der Waals surface area contributed by atoms with Crippen LogP contribution in [-0.2, 0) is 0 Å². The van der Waals surface area contributed by atoms with Crippen LogP contribution in [0.25, 0.3) is 28.0 Å². The highest BCUT2D eigenvalue weighted by Gasteiger charge is 2.24. The lowest BCUT2D eigenvalue weighted by Crippen LogP contribution is -2.08. The summed E-state index contributed by atoms with van der Waals surface area (Å²) >= 11 is 0. The molecule has 0 atom stereocenters. The van der Waals surface area contributed by atoms with Crippen LogP contribution in [0.2, 0.25) is 0 Å². The molecule has 0 aliphatic heterocycles. The smallest absolute Gasteiger partial charge is 0.337 e. The fourth-order valence-corrected chi connectivity index (χ4v) is 4.20. The molecule has 2 aromatic heterocycles. The molecule has 0 fully saturated rings. The van der Waals surface area contributed by atoms with Crippen molar-refractivity contribution < 1.29 is 19.1 Å². The van der Waals surface area contributed by atoms with Gasteiger partial charge in [-0.15, -0.1) is 0 Å². The number of aromatic carboxylic acids is 1. The van der Waals surface area contributed by atoms with Crippen molar-refractivity contribution in [3.63, 3.8) is 0 Å². The highest BCUT2D eigenvalue weighted by Crippen LogP contribution is 2.39. The van der Waals surface area contributed by atoms with Crippen molar-refractivity contribution in [1.29, 1.82) is 5.26 Å². The second-order valence-corrected chi connectivity index (χ2v) is 8.32. The van der Waals surface area contributed by atoms with Crippen molar-refractivity contribution >= 4 is 28.4 Å². The number of aromatic nitrogens is 2. The molecule has 3 aromatic carbocycles. The lowest BCUT2D eigenvalue weighted by atomic mass is 10.1. The topological polar surface area (TPSA) is 113 Å². The van der Waals surface area contributed by atoms with Crippen LogP contribution in [0.5, 0.6) is 5.75 Å². The van der Waals surface area contributed by atoms with Crippen molar-refractivity contribution in [3.8, 4) is 28.8 Å². The Morgan fingerprint density at radius 3 is 2.64 bits per heavy atom. The molecule has 0 spiro atoms. The van der Waals surface area contributed by atoms with Gasteiger partial charge in [0, 0.05) is 5.39 Å². The maximum absolute atomic E-state index is 12.1. The summed E-state index contributed by atoms with van der Waals surface area (Å²) in [5, 5.41) is 28.1. The largest absolute Gasteiger partial charge is 0.497 e. The Morgan fingerprint density at radius 1 is 1.11 bits per heavy atom. The van der Waals surface area contributed by atoms with E-state index in [9.17, 15) is 15.2 Å². The number of fused-ring (bicyclic) bond motifs is 1. The van der Waals surface area contributed by atoms with Crippen molar-refractivity contribution in [2.24, 2.45) is 0 Å². The molecule has 0 saturated carbocycles. The van der Waals surface area contributed by atoms with Gasteiger partial charge in [0.1, 0.15) is 22.9 Å². The Morgan fingerprint density at radius 2 is 1.92 bits per heavy atom. The molecule has 8 heteroatoms. The molecular weight excluding hydrogens is 456 g/mol. The molecule has 0 bridgehead atoms. The van der Waals surface area contributed by atoms with Gasteiger partial charge in [-0.3, -0.25) is 0 Å². The van der Waals surface area contributed by atoms with Gasteiger partial charge in [-0.1, -0.05) is 18.2 Å². The lowest BCUT2D eigenvalue weighted by molar-refractivity contribution is 0.0697. The first kappa shape index (κ1) is 22.7. The molecule has 5 rings (SSSR count). The van der Waals surface area contributed by atoms with Crippen LogP contribution in [0.15, 0.2) is 71.1 Å². The van der Waals surface area contributed by atoms with Crippen LogP contribution in [-0.4, -0.2) is 28.0 Å². The molecule has 36 heavy (non-hydrogen) atoms. The zero-order valence-corrected chi connectivity index (χ0v) is 19.9. The number of benzene rings is 3. The number of para-hydroxylation sites is 1. The molecule has 178 valence electrons. The highest BCUT2D eigenvalue weighted by atomic mass is 16.5. The van der Waals surface area contributed by atoms with E-state index in [1.807, 2.05) is 50.2 Å². The molecule has 5 aromatic rings. The third-order valence-electron chi connectivity index (χ3n) is 6.01. The summed E-state index contributed by atoms with van der Waals surface area (Å²) in [4.78, 5) is 12.1. The molecule has 0 saturated heterocycles. The summed E-state index contributed by atoms with van der Waals surface area (Å²) in [6, 6.07) is 21.9. The van der Waals surface area contributed by atoms with Crippen molar-refractivity contribution in [2.45, 2.75) is 13.8 Å². The summed E-state index contributed by atoms with van der Waals surface area (Å²) in [6.45, 7) is 3.85. The molecule has 2 heterocycles. The van der Waals surface area contributed by atoms with E-state index in [4.69, 9.17) is 14.3 Å². The van der Waals surface area contributed by atoms with Crippen LogP contribution >= 0.6 is 0 Å². The van der Waals surface area contributed by atoms with Crippen LogP contribution in [0.3, 0.4) is 0 Å². The monoisotopic (exact) mass is 478 g/mol. The summed E-state index contributed by atoms with van der Waals surface area (Å²) in [5.74, 6) is 0.441. The van der Waals surface area contributed by atoms with Gasteiger partial charge < -0.3 is 19.6 Å². The van der Waals surface area contributed by atoms with Crippen molar-refractivity contribution in [2.75, 3.05) is 12.4 Å². The second kappa shape index (κ2) is 8.96. The van der Waals surface area contributed by atoms with Crippen molar-refractivity contribution in [3.05, 3.63) is 89.1 Å². The number of rotatable bonds is 6. The maximum atomic E-state index is 12.1. The van der Waals surface area contributed by atoms with Gasteiger partial charge in [0.05, 0.1) is 46.9 Å². The first-order valence-corrected chi connectivity index (χ1v) is 11.2. The zero-order chi connectivity index (χ0) is 25.4. The zero-order valence-electron chi connectivity index (χ0n) is 19.9. The fraction of sp³-hybridized carbons (Fsp3) is 0.107. The predicted molar refractivity (Wildman–Crippen MR) is 136 cm³/mol. The van der Waals surface area contributed by atoms with E-state index in [0.717, 1.165) is 16.6 Å². The third-order valence-corrected chi connectivity index (χ3v) is 6.01. The minimum atomic E-state index is -1.09. The maximum Gasteiger partial charge on any atom is 0.337 e. The second-order valence-electron chi connectivity index (χ2n) is 8.32. The number of nitrogens with zero attached hydrogens (tertiary/aromatic N) is 3. The van der Waals surface area contributed by atoms with Gasteiger partial charge in [0.15, 0.2) is 0 Å². The van der Waals surface area contributed by atoms with Gasteiger partial charge in [0.2, 0.25) is 0 Å². The average Bonchev–Trinajstić information content (AvgIpc) is 3.43. The molecule has 8 nitrogen and oxygen atoms in total. The summed E-state index contributed by atoms with van der Waals surface area (Å²) in [7, 11) is 1.49.